The zero-order valence-corrected chi connectivity index (χ0v) is 13.4. The highest BCUT2D eigenvalue weighted by Crippen LogP contribution is 2.30. The molecule has 0 aliphatic heterocycles. The van der Waals surface area contributed by atoms with Gasteiger partial charge in [-0.1, -0.05) is 0 Å². The Morgan fingerprint density at radius 1 is 1.45 bits per heavy atom. The fraction of sp³-hybridized carbons (Fsp3) is 0.176. The summed E-state index contributed by atoms with van der Waals surface area (Å²) in [4.78, 5) is 4.62. The molecule has 3 aromatic rings. The molecule has 4 nitrogen and oxygen atoms in total. The number of hydrogen-bond donors (Lipinski definition) is 0. The number of furan rings is 1. The molecule has 0 saturated carbocycles. The summed E-state index contributed by atoms with van der Waals surface area (Å²) in [6.45, 7) is 4.15. The SMILES string of the molecule is Cc1cc(-c2csc(/C(C#N)=C/c3ccco3)n2)c(C)n1C. The van der Waals surface area contributed by atoms with Gasteiger partial charge in [-0.15, -0.1) is 11.3 Å². The molecule has 110 valence electrons. The summed E-state index contributed by atoms with van der Waals surface area (Å²) in [7, 11) is 2.04. The summed E-state index contributed by atoms with van der Waals surface area (Å²) in [6.07, 6.45) is 3.30. The summed E-state index contributed by atoms with van der Waals surface area (Å²) in [5.74, 6) is 0.653. The predicted octanol–water partition coefficient (Wildman–Crippen LogP) is 4.42. The molecular formula is C17H15N3OS. The quantitative estimate of drug-likeness (QED) is 0.673. The van der Waals surface area contributed by atoms with E-state index in [1.54, 1.807) is 18.4 Å². The van der Waals surface area contributed by atoms with E-state index < -0.39 is 0 Å². The molecule has 0 amide bonds. The Morgan fingerprint density at radius 2 is 2.27 bits per heavy atom. The van der Waals surface area contributed by atoms with Crippen molar-refractivity contribution in [2.24, 2.45) is 7.05 Å². The summed E-state index contributed by atoms with van der Waals surface area (Å²) >= 11 is 1.47. The van der Waals surface area contributed by atoms with Crippen LogP contribution >= 0.6 is 11.3 Å². The van der Waals surface area contributed by atoms with E-state index in [9.17, 15) is 5.26 Å². The van der Waals surface area contributed by atoms with Crippen LogP contribution in [-0.4, -0.2) is 9.55 Å². The number of allylic oxidation sites excluding steroid dienone is 1. The molecular weight excluding hydrogens is 294 g/mol. The Bertz CT molecular complexity index is 876. The molecule has 0 spiro atoms. The van der Waals surface area contributed by atoms with Crippen molar-refractivity contribution in [3.8, 4) is 17.3 Å². The molecule has 0 fully saturated rings. The highest BCUT2D eigenvalue weighted by Gasteiger charge is 2.14. The van der Waals surface area contributed by atoms with E-state index in [0.717, 1.165) is 11.3 Å². The van der Waals surface area contributed by atoms with Gasteiger partial charge in [0, 0.05) is 35.5 Å². The third-order valence-electron chi connectivity index (χ3n) is 3.74. The van der Waals surface area contributed by atoms with Gasteiger partial charge < -0.3 is 8.98 Å². The number of rotatable bonds is 3. The van der Waals surface area contributed by atoms with Crippen LogP contribution < -0.4 is 0 Å². The van der Waals surface area contributed by atoms with Crippen LogP contribution in [0.1, 0.15) is 22.2 Å². The van der Waals surface area contributed by atoms with E-state index in [-0.39, 0.29) is 0 Å². The van der Waals surface area contributed by atoms with Gasteiger partial charge in [-0.2, -0.15) is 5.26 Å². The average molecular weight is 309 g/mol. The molecule has 3 aromatic heterocycles. The molecule has 3 heterocycles. The van der Waals surface area contributed by atoms with Crippen molar-refractivity contribution in [2.75, 3.05) is 0 Å². The lowest BCUT2D eigenvalue weighted by Crippen LogP contribution is -1.93. The van der Waals surface area contributed by atoms with Crippen molar-refractivity contribution in [1.29, 1.82) is 5.26 Å². The van der Waals surface area contributed by atoms with Crippen LogP contribution in [0.4, 0.5) is 0 Å². The molecule has 0 aliphatic rings. The van der Waals surface area contributed by atoms with E-state index >= 15 is 0 Å². The molecule has 0 aliphatic carbocycles. The van der Waals surface area contributed by atoms with E-state index in [1.807, 2.05) is 18.5 Å². The van der Waals surface area contributed by atoms with Crippen molar-refractivity contribution in [3.05, 3.63) is 52.0 Å². The van der Waals surface area contributed by atoms with Crippen LogP contribution in [0.3, 0.4) is 0 Å². The normalized spacial score (nSPS) is 11.6. The first kappa shape index (κ1) is 14.4. The van der Waals surface area contributed by atoms with Gasteiger partial charge in [0.05, 0.1) is 17.5 Å². The fourth-order valence-electron chi connectivity index (χ4n) is 2.29. The molecule has 22 heavy (non-hydrogen) atoms. The highest BCUT2D eigenvalue weighted by atomic mass is 32.1. The van der Waals surface area contributed by atoms with Crippen LogP contribution in [-0.2, 0) is 7.05 Å². The molecule has 0 saturated heterocycles. The molecule has 0 N–H and O–H groups in total. The summed E-state index contributed by atoms with van der Waals surface area (Å²) < 4.78 is 7.40. The first-order chi connectivity index (χ1) is 10.6. The minimum absolute atomic E-state index is 0.511. The average Bonchev–Trinajstić information content (AvgIpc) is 3.23. The summed E-state index contributed by atoms with van der Waals surface area (Å²) in [5, 5.41) is 12.1. The molecule has 0 unspecified atom stereocenters. The summed E-state index contributed by atoms with van der Waals surface area (Å²) in [6, 6.07) is 7.93. The zero-order valence-electron chi connectivity index (χ0n) is 12.6. The third kappa shape index (κ3) is 2.49. The lowest BCUT2D eigenvalue weighted by atomic mass is 10.2. The van der Waals surface area contributed by atoms with Crippen molar-refractivity contribution in [1.82, 2.24) is 9.55 Å². The number of nitrogens with zero attached hydrogens (tertiary/aromatic N) is 3. The second-order valence-electron chi connectivity index (χ2n) is 5.07. The number of aryl methyl sites for hydroxylation is 1. The van der Waals surface area contributed by atoms with Gasteiger partial charge >= 0.3 is 0 Å². The lowest BCUT2D eigenvalue weighted by molar-refractivity contribution is 0.557. The number of aromatic nitrogens is 2. The number of nitriles is 1. The van der Waals surface area contributed by atoms with Gasteiger partial charge in [-0.3, -0.25) is 0 Å². The van der Waals surface area contributed by atoms with Crippen molar-refractivity contribution < 1.29 is 4.42 Å². The maximum absolute atomic E-state index is 9.36. The predicted molar refractivity (Wildman–Crippen MR) is 88.2 cm³/mol. The summed E-state index contributed by atoms with van der Waals surface area (Å²) in [5.41, 5.74) is 4.88. The Hall–Kier alpha value is -2.58. The maximum Gasteiger partial charge on any atom is 0.134 e. The monoisotopic (exact) mass is 309 g/mol. The zero-order chi connectivity index (χ0) is 15.7. The second kappa shape index (κ2) is 5.66. The minimum Gasteiger partial charge on any atom is -0.465 e. The van der Waals surface area contributed by atoms with Crippen molar-refractivity contribution in [2.45, 2.75) is 13.8 Å². The Balaban J connectivity index is 2.00. The third-order valence-corrected chi connectivity index (χ3v) is 4.61. The van der Waals surface area contributed by atoms with E-state index in [2.05, 4.69) is 35.5 Å². The van der Waals surface area contributed by atoms with Crippen LogP contribution in [0.15, 0.2) is 34.3 Å². The standard InChI is InChI=1S/C17H15N3OS/c1-11-7-15(12(2)20(11)3)16-10-22-17(19-16)13(9-18)8-14-5-4-6-21-14/h4-8,10H,1-3H3/b13-8+. The van der Waals surface area contributed by atoms with Crippen LogP contribution in [0.2, 0.25) is 0 Å². The van der Waals surface area contributed by atoms with E-state index in [1.165, 1.54) is 22.7 Å². The largest absolute Gasteiger partial charge is 0.465 e. The van der Waals surface area contributed by atoms with Crippen LogP contribution in [0.5, 0.6) is 0 Å². The van der Waals surface area contributed by atoms with Gasteiger partial charge in [-0.05, 0) is 32.0 Å². The number of thiazole rings is 1. The molecule has 3 rings (SSSR count). The van der Waals surface area contributed by atoms with Crippen LogP contribution in [0, 0.1) is 25.2 Å². The lowest BCUT2D eigenvalue weighted by Gasteiger charge is -1.99. The van der Waals surface area contributed by atoms with E-state index in [0.29, 0.717) is 16.3 Å². The first-order valence-corrected chi connectivity index (χ1v) is 7.72. The van der Waals surface area contributed by atoms with Crippen molar-refractivity contribution in [3.63, 3.8) is 0 Å². The second-order valence-corrected chi connectivity index (χ2v) is 5.93. The van der Waals surface area contributed by atoms with Gasteiger partial charge in [0.25, 0.3) is 0 Å². The molecule has 0 aromatic carbocycles. The minimum atomic E-state index is 0.511. The molecule has 0 bridgehead atoms. The Morgan fingerprint density at radius 3 is 2.86 bits per heavy atom. The van der Waals surface area contributed by atoms with Crippen molar-refractivity contribution >= 4 is 23.0 Å². The van der Waals surface area contributed by atoms with Gasteiger partial charge in [-0.25, -0.2) is 4.98 Å². The van der Waals surface area contributed by atoms with Gasteiger partial charge in [0.1, 0.15) is 16.8 Å². The van der Waals surface area contributed by atoms with Gasteiger partial charge in [0.2, 0.25) is 0 Å². The van der Waals surface area contributed by atoms with Gasteiger partial charge in [0.15, 0.2) is 0 Å². The van der Waals surface area contributed by atoms with E-state index in [4.69, 9.17) is 4.42 Å². The topological polar surface area (TPSA) is 54.8 Å². The number of hydrogen-bond acceptors (Lipinski definition) is 4. The smallest absolute Gasteiger partial charge is 0.134 e. The first-order valence-electron chi connectivity index (χ1n) is 6.84. The van der Waals surface area contributed by atoms with Crippen LogP contribution in [0.25, 0.3) is 22.9 Å². The molecule has 0 radical (unpaired) electrons. The fourth-order valence-corrected chi connectivity index (χ4v) is 3.08. The molecule has 5 heteroatoms. The Labute approximate surface area is 133 Å². The maximum atomic E-state index is 9.36. The highest BCUT2D eigenvalue weighted by molar-refractivity contribution is 7.11. The Kier molecular flexibility index (Phi) is 3.70. The molecule has 0 atom stereocenters.